The molecule has 0 aliphatic carbocycles. The van der Waals surface area contributed by atoms with Gasteiger partial charge in [0, 0.05) is 22.5 Å². The average Bonchev–Trinajstić information content (AvgIpc) is 3.00. The lowest BCUT2D eigenvalue weighted by Gasteiger charge is -2.06. The van der Waals surface area contributed by atoms with E-state index in [-0.39, 0.29) is 22.7 Å². The van der Waals surface area contributed by atoms with Crippen LogP contribution in [0.15, 0.2) is 48.7 Å². The van der Waals surface area contributed by atoms with Crippen LogP contribution in [0.25, 0.3) is 21.9 Å². The molecule has 6 heteroatoms. The van der Waals surface area contributed by atoms with Crippen LogP contribution in [-0.4, -0.2) is 28.0 Å². The third-order valence-corrected chi connectivity index (χ3v) is 4.13. The number of fused-ring (bicyclic) bond motifs is 3. The van der Waals surface area contributed by atoms with Crippen LogP contribution < -0.4 is 4.74 Å². The molecule has 0 bridgehead atoms. The van der Waals surface area contributed by atoms with Crippen molar-refractivity contribution in [3.05, 3.63) is 65.6 Å². The second-order valence-corrected chi connectivity index (χ2v) is 5.62. The van der Waals surface area contributed by atoms with Gasteiger partial charge in [-0.2, -0.15) is 0 Å². The Hall–Kier alpha value is -3.41. The molecule has 0 unspecified atom stereocenters. The van der Waals surface area contributed by atoms with E-state index in [1.165, 1.54) is 31.5 Å². The molecule has 0 saturated carbocycles. The van der Waals surface area contributed by atoms with Gasteiger partial charge in [-0.15, -0.1) is 0 Å². The van der Waals surface area contributed by atoms with Crippen molar-refractivity contribution in [3.8, 4) is 11.5 Å². The first-order chi connectivity index (χ1) is 12.1. The number of aromatic nitrogens is 2. The lowest BCUT2D eigenvalue weighted by molar-refractivity contribution is 0.103. The Morgan fingerprint density at radius 2 is 2.08 bits per heavy atom. The molecule has 0 amide bonds. The van der Waals surface area contributed by atoms with Crippen LogP contribution in [0.3, 0.4) is 0 Å². The number of carbonyl (C=O) groups excluding carboxylic acids is 1. The number of hydrogen-bond donors (Lipinski definition) is 2. The van der Waals surface area contributed by atoms with Crippen molar-refractivity contribution in [2.45, 2.75) is 0 Å². The number of rotatable bonds is 3. The summed E-state index contributed by atoms with van der Waals surface area (Å²) in [5, 5.41) is 10.9. The molecule has 2 heterocycles. The Labute approximate surface area is 141 Å². The number of aromatic amines is 1. The van der Waals surface area contributed by atoms with Gasteiger partial charge in [-0.1, -0.05) is 6.07 Å². The molecule has 124 valence electrons. The summed E-state index contributed by atoms with van der Waals surface area (Å²) in [5.41, 5.74) is 1.45. The van der Waals surface area contributed by atoms with E-state index in [2.05, 4.69) is 9.97 Å². The van der Waals surface area contributed by atoms with E-state index in [1.54, 1.807) is 24.3 Å². The minimum Gasteiger partial charge on any atom is -0.507 e. The van der Waals surface area contributed by atoms with Crippen LogP contribution >= 0.6 is 0 Å². The number of phenols is 1. The normalized spacial score (nSPS) is 11.1. The smallest absolute Gasteiger partial charge is 0.198 e. The third-order valence-electron chi connectivity index (χ3n) is 4.13. The summed E-state index contributed by atoms with van der Waals surface area (Å²) in [5.74, 6) is -0.514. The first-order valence-electron chi connectivity index (χ1n) is 7.56. The van der Waals surface area contributed by atoms with Gasteiger partial charge in [-0.3, -0.25) is 4.79 Å². The average molecular weight is 336 g/mol. The number of benzene rings is 2. The van der Waals surface area contributed by atoms with Gasteiger partial charge in [-0.05, 0) is 36.4 Å². The molecule has 0 aliphatic heterocycles. The molecule has 4 aromatic rings. The number of pyridine rings is 1. The highest BCUT2D eigenvalue weighted by Crippen LogP contribution is 2.29. The molecule has 0 radical (unpaired) electrons. The van der Waals surface area contributed by atoms with Crippen LogP contribution in [0.1, 0.15) is 15.9 Å². The highest BCUT2D eigenvalue weighted by molar-refractivity contribution is 6.14. The molecule has 0 spiro atoms. The number of halogens is 1. The van der Waals surface area contributed by atoms with Gasteiger partial charge in [0.05, 0.1) is 18.2 Å². The fourth-order valence-electron chi connectivity index (χ4n) is 2.89. The SMILES string of the molecule is COc1ccc(O)c(C(=O)c2cnc3[nH]c4cccc(F)c4c3c2)c1. The zero-order chi connectivity index (χ0) is 17.6. The second-order valence-electron chi connectivity index (χ2n) is 5.62. The van der Waals surface area contributed by atoms with E-state index < -0.39 is 5.78 Å². The van der Waals surface area contributed by atoms with Crippen molar-refractivity contribution in [2.75, 3.05) is 7.11 Å². The predicted octanol–water partition coefficient (Wildman–Crippen LogP) is 3.80. The highest BCUT2D eigenvalue weighted by Gasteiger charge is 2.17. The number of aromatic hydroxyl groups is 1. The zero-order valence-electron chi connectivity index (χ0n) is 13.2. The Kier molecular flexibility index (Phi) is 3.39. The van der Waals surface area contributed by atoms with Gasteiger partial charge < -0.3 is 14.8 Å². The minimum atomic E-state index is -0.420. The number of nitrogens with one attached hydrogen (secondary N) is 1. The number of methoxy groups -OCH3 is 1. The second kappa shape index (κ2) is 5.59. The molecular formula is C19H13FN2O3. The molecule has 5 nitrogen and oxygen atoms in total. The van der Waals surface area contributed by atoms with Crippen molar-refractivity contribution in [3.63, 3.8) is 0 Å². The Balaban J connectivity index is 1.89. The highest BCUT2D eigenvalue weighted by atomic mass is 19.1. The maximum absolute atomic E-state index is 14.2. The molecular weight excluding hydrogens is 323 g/mol. The molecule has 25 heavy (non-hydrogen) atoms. The predicted molar refractivity (Wildman–Crippen MR) is 91.6 cm³/mol. The van der Waals surface area contributed by atoms with Crippen molar-refractivity contribution >= 4 is 27.7 Å². The first kappa shape index (κ1) is 15.1. The van der Waals surface area contributed by atoms with Crippen LogP contribution in [0.4, 0.5) is 4.39 Å². The van der Waals surface area contributed by atoms with Gasteiger partial charge >= 0.3 is 0 Å². The molecule has 0 aliphatic rings. The molecule has 0 saturated heterocycles. The molecule has 0 atom stereocenters. The van der Waals surface area contributed by atoms with Gasteiger partial charge in [-0.25, -0.2) is 9.37 Å². The van der Waals surface area contributed by atoms with Crippen molar-refractivity contribution in [1.29, 1.82) is 0 Å². The number of phenolic OH excluding ortho intramolecular Hbond substituents is 1. The van der Waals surface area contributed by atoms with Crippen LogP contribution in [0, 0.1) is 5.82 Å². The van der Waals surface area contributed by atoms with Gasteiger partial charge in [0.15, 0.2) is 5.78 Å². The van der Waals surface area contributed by atoms with Crippen molar-refractivity contribution in [1.82, 2.24) is 9.97 Å². The number of hydrogen-bond acceptors (Lipinski definition) is 4. The Bertz CT molecular complexity index is 1130. The largest absolute Gasteiger partial charge is 0.507 e. The van der Waals surface area contributed by atoms with Gasteiger partial charge in [0.2, 0.25) is 0 Å². The van der Waals surface area contributed by atoms with E-state index in [0.717, 1.165) is 0 Å². The van der Waals surface area contributed by atoms with Crippen molar-refractivity contribution in [2.24, 2.45) is 0 Å². The Morgan fingerprint density at radius 3 is 2.88 bits per heavy atom. The molecule has 2 aromatic heterocycles. The maximum Gasteiger partial charge on any atom is 0.198 e. The standard InChI is InChI=1S/C19H13FN2O3/c1-25-11-5-6-16(23)12(8-11)18(24)10-7-13-17-14(20)3-2-4-15(17)22-19(13)21-9-10/h2-9,23H,1H3,(H,21,22). The summed E-state index contributed by atoms with van der Waals surface area (Å²) in [6.45, 7) is 0. The quantitative estimate of drug-likeness (QED) is 0.558. The van der Waals surface area contributed by atoms with E-state index in [4.69, 9.17) is 4.74 Å². The van der Waals surface area contributed by atoms with Crippen LogP contribution in [-0.2, 0) is 0 Å². The van der Waals surface area contributed by atoms with E-state index >= 15 is 0 Å². The number of carbonyl (C=O) groups is 1. The molecule has 2 N–H and O–H groups in total. The zero-order valence-corrected chi connectivity index (χ0v) is 13.2. The monoisotopic (exact) mass is 336 g/mol. The fraction of sp³-hybridized carbons (Fsp3) is 0.0526. The lowest BCUT2D eigenvalue weighted by atomic mass is 10.0. The number of ketones is 1. The number of nitrogens with zero attached hydrogens (tertiary/aromatic N) is 1. The van der Waals surface area contributed by atoms with E-state index in [9.17, 15) is 14.3 Å². The molecule has 0 fully saturated rings. The van der Waals surface area contributed by atoms with E-state index in [1.807, 2.05) is 0 Å². The number of H-pyrrole nitrogens is 1. The first-order valence-corrected chi connectivity index (χ1v) is 7.56. The van der Waals surface area contributed by atoms with Crippen LogP contribution in [0.5, 0.6) is 11.5 Å². The summed E-state index contributed by atoms with van der Waals surface area (Å²) in [6, 6.07) is 10.7. The third kappa shape index (κ3) is 2.39. The summed E-state index contributed by atoms with van der Waals surface area (Å²) in [4.78, 5) is 20.0. The number of ether oxygens (including phenoxy) is 1. The Morgan fingerprint density at radius 1 is 1.24 bits per heavy atom. The molecule has 4 rings (SSSR count). The maximum atomic E-state index is 14.2. The summed E-state index contributed by atoms with van der Waals surface area (Å²) in [7, 11) is 1.48. The minimum absolute atomic E-state index is 0.0980. The van der Waals surface area contributed by atoms with Gasteiger partial charge in [0.1, 0.15) is 23.0 Å². The van der Waals surface area contributed by atoms with Gasteiger partial charge in [0.25, 0.3) is 0 Å². The van der Waals surface area contributed by atoms with Crippen molar-refractivity contribution < 1.29 is 19.0 Å². The lowest BCUT2D eigenvalue weighted by Crippen LogP contribution is -2.03. The summed E-state index contributed by atoms with van der Waals surface area (Å²) < 4.78 is 19.3. The summed E-state index contributed by atoms with van der Waals surface area (Å²) in [6.07, 6.45) is 1.40. The fourth-order valence-corrected chi connectivity index (χ4v) is 2.89. The molecule has 2 aromatic carbocycles. The van der Waals surface area contributed by atoms with E-state index in [0.29, 0.717) is 27.7 Å². The topological polar surface area (TPSA) is 75.2 Å². The summed E-state index contributed by atoms with van der Waals surface area (Å²) >= 11 is 0. The van der Waals surface area contributed by atoms with Crippen LogP contribution in [0.2, 0.25) is 0 Å².